The Bertz CT molecular complexity index is 1470. The van der Waals surface area contributed by atoms with Gasteiger partial charge in [0.25, 0.3) is 0 Å². The largest absolute Gasteiger partial charge is 0.468 e. The van der Waals surface area contributed by atoms with Crippen LogP contribution in [0.2, 0.25) is 0 Å². The summed E-state index contributed by atoms with van der Waals surface area (Å²) in [6, 6.07) is 9.63. The van der Waals surface area contributed by atoms with Gasteiger partial charge in [0.05, 0.1) is 18.1 Å². The smallest absolute Gasteiger partial charge is 0.330 e. The minimum atomic E-state index is -1.45. The average molecular weight is 610 g/mol. The number of primary amides is 1. The summed E-state index contributed by atoms with van der Waals surface area (Å²) in [6.45, 7) is 3.68. The molecule has 1 atom stereocenters. The van der Waals surface area contributed by atoms with E-state index in [9.17, 15) is 23.6 Å². The highest BCUT2D eigenvalue weighted by atomic mass is 19.1. The van der Waals surface area contributed by atoms with Gasteiger partial charge in [0, 0.05) is 36.5 Å². The summed E-state index contributed by atoms with van der Waals surface area (Å²) in [5, 5.41) is 2.57. The molecule has 2 aromatic carbocycles. The predicted molar refractivity (Wildman–Crippen MR) is 157 cm³/mol. The van der Waals surface area contributed by atoms with Crippen LogP contribution in [0.1, 0.15) is 56.2 Å². The molecule has 0 aliphatic carbocycles. The third-order valence-electron chi connectivity index (χ3n) is 9.22. The number of likely N-dealkylation sites (tertiary alicyclic amines) is 2. The van der Waals surface area contributed by atoms with E-state index in [2.05, 4.69) is 10.2 Å². The molecule has 0 bridgehead atoms. The molecule has 44 heavy (non-hydrogen) atoms. The van der Waals surface area contributed by atoms with E-state index >= 15 is 4.39 Å². The summed E-state index contributed by atoms with van der Waals surface area (Å²) < 4.78 is 34.1. The Morgan fingerprint density at radius 2 is 1.68 bits per heavy atom. The predicted octanol–water partition coefficient (Wildman–Crippen LogP) is 3.97. The van der Waals surface area contributed by atoms with Crippen LogP contribution in [0.25, 0.3) is 0 Å². The molecule has 10 nitrogen and oxygen atoms in total. The quantitative estimate of drug-likeness (QED) is 0.478. The second-order valence-corrected chi connectivity index (χ2v) is 11.5. The summed E-state index contributed by atoms with van der Waals surface area (Å²) in [5.41, 5.74) is 5.77. The van der Waals surface area contributed by atoms with Crippen molar-refractivity contribution in [2.24, 2.45) is 5.73 Å². The van der Waals surface area contributed by atoms with Crippen molar-refractivity contribution in [3.8, 4) is 0 Å². The lowest BCUT2D eigenvalue weighted by atomic mass is 9.72. The maximum atomic E-state index is 15.1. The van der Waals surface area contributed by atoms with Crippen LogP contribution in [-0.4, -0.2) is 78.0 Å². The van der Waals surface area contributed by atoms with Crippen LogP contribution < -0.4 is 11.1 Å². The lowest BCUT2D eigenvalue weighted by Gasteiger charge is -2.46. The van der Waals surface area contributed by atoms with Crippen LogP contribution in [0.4, 0.5) is 18.4 Å². The molecule has 0 saturated carbocycles. The number of esters is 1. The van der Waals surface area contributed by atoms with Crippen LogP contribution in [0, 0.1) is 11.6 Å². The molecule has 0 spiro atoms. The van der Waals surface area contributed by atoms with Gasteiger partial charge in [-0.05, 0) is 56.8 Å². The first-order valence-electron chi connectivity index (χ1n) is 14.9. The maximum absolute atomic E-state index is 15.1. The van der Waals surface area contributed by atoms with Crippen molar-refractivity contribution in [1.29, 1.82) is 0 Å². The number of allylic oxidation sites excluding steroid dienone is 1. The first-order chi connectivity index (χ1) is 21.1. The molecule has 2 fully saturated rings. The average Bonchev–Trinajstić information content (AvgIpc) is 3.04. The minimum Gasteiger partial charge on any atom is -0.468 e. The molecule has 0 radical (unpaired) electrons. The van der Waals surface area contributed by atoms with Crippen LogP contribution in [0.3, 0.4) is 0 Å². The lowest BCUT2D eigenvalue weighted by Crippen LogP contribution is -2.58. The zero-order valence-corrected chi connectivity index (χ0v) is 24.9. The second kappa shape index (κ2) is 12.7. The van der Waals surface area contributed by atoms with Crippen LogP contribution in [-0.2, 0) is 19.7 Å². The molecule has 3 aliphatic rings. The first kappa shape index (κ1) is 31.1. The number of amides is 5. The summed E-state index contributed by atoms with van der Waals surface area (Å²) in [4.78, 5) is 57.3. The lowest BCUT2D eigenvalue weighted by molar-refractivity contribution is -0.150. The highest BCUT2D eigenvalue weighted by molar-refractivity contribution is 6.03. The van der Waals surface area contributed by atoms with Crippen molar-refractivity contribution in [2.45, 2.75) is 56.5 Å². The van der Waals surface area contributed by atoms with E-state index in [1.54, 1.807) is 6.92 Å². The summed E-state index contributed by atoms with van der Waals surface area (Å²) in [5.74, 6) is -3.00. The van der Waals surface area contributed by atoms with Crippen molar-refractivity contribution in [3.63, 3.8) is 0 Å². The number of nitrogens with zero attached hydrogens (tertiary/aromatic N) is 3. The van der Waals surface area contributed by atoms with E-state index < -0.39 is 41.1 Å². The van der Waals surface area contributed by atoms with Crippen molar-refractivity contribution in [3.05, 3.63) is 82.6 Å². The van der Waals surface area contributed by atoms with E-state index in [-0.39, 0.29) is 35.3 Å². The van der Waals surface area contributed by atoms with Crippen LogP contribution in [0.15, 0.2) is 59.8 Å². The molecule has 2 aromatic rings. The standard InChI is InChI=1S/C32H37F2N5O5/c1-3-25-26(28(35)40)27(23-10-9-21(33)19-24(23)34)39(30(42)36-25)31(43)38-15-11-22(12-16-38)37-17-13-32(14-18-37,29(41)44-2)20-7-5-4-6-8-20/h4-10,19,22,27H,3,11-18H2,1-2H3,(H2,35,40)(H,36,42). The number of halogens is 2. The molecule has 12 heteroatoms. The van der Waals surface area contributed by atoms with E-state index in [4.69, 9.17) is 10.5 Å². The number of imide groups is 1. The fourth-order valence-corrected chi connectivity index (χ4v) is 6.85. The minimum absolute atomic E-state index is 0.123. The van der Waals surface area contributed by atoms with Crippen molar-refractivity contribution < 1.29 is 32.7 Å². The summed E-state index contributed by atoms with van der Waals surface area (Å²) >= 11 is 0. The van der Waals surface area contributed by atoms with Crippen LogP contribution in [0.5, 0.6) is 0 Å². The topological polar surface area (TPSA) is 125 Å². The van der Waals surface area contributed by atoms with Gasteiger partial charge in [-0.2, -0.15) is 0 Å². The Morgan fingerprint density at radius 3 is 2.25 bits per heavy atom. The molecule has 3 heterocycles. The van der Waals surface area contributed by atoms with Gasteiger partial charge in [-0.25, -0.2) is 23.3 Å². The molecule has 5 rings (SSSR count). The Hall–Kier alpha value is -4.32. The number of ether oxygens (including phenoxy) is 1. The number of carbonyl (C=O) groups excluding carboxylic acids is 4. The van der Waals surface area contributed by atoms with Gasteiger partial charge in [0.1, 0.15) is 17.7 Å². The fraction of sp³-hybridized carbons (Fsp3) is 0.438. The van der Waals surface area contributed by atoms with Crippen molar-refractivity contribution >= 4 is 23.9 Å². The summed E-state index contributed by atoms with van der Waals surface area (Å²) in [7, 11) is 1.41. The van der Waals surface area contributed by atoms with E-state index in [0.29, 0.717) is 57.9 Å². The SMILES string of the molecule is CCC1=C(C(N)=O)C(c2ccc(F)cc2F)N(C(=O)N2CCC(N3CCC(C(=O)OC)(c4ccccc4)CC3)CC2)C(=O)N1. The Kier molecular flexibility index (Phi) is 9.00. The highest BCUT2D eigenvalue weighted by Gasteiger charge is 2.47. The molecule has 234 valence electrons. The number of carbonyl (C=O) groups is 4. The number of piperidine rings is 2. The third-order valence-corrected chi connectivity index (χ3v) is 9.22. The molecule has 0 aromatic heterocycles. The van der Waals surface area contributed by atoms with Gasteiger partial charge in [0.15, 0.2) is 0 Å². The van der Waals surface area contributed by atoms with Crippen molar-refractivity contribution in [2.75, 3.05) is 33.3 Å². The van der Waals surface area contributed by atoms with E-state index in [1.807, 2.05) is 30.3 Å². The molecular weight excluding hydrogens is 572 g/mol. The Balaban J connectivity index is 1.31. The van der Waals surface area contributed by atoms with Crippen LogP contribution >= 0.6 is 0 Å². The van der Waals surface area contributed by atoms with Gasteiger partial charge < -0.3 is 25.6 Å². The number of benzene rings is 2. The number of nitrogens with one attached hydrogen (secondary N) is 1. The van der Waals surface area contributed by atoms with Crippen molar-refractivity contribution in [1.82, 2.24) is 20.0 Å². The molecular formula is C32H37F2N5O5. The fourth-order valence-electron chi connectivity index (χ4n) is 6.85. The monoisotopic (exact) mass is 609 g/mol. The number of rotatable bonds is 6. The normalized spacial score (nSPS) is 21.2. The Labute approximate surface area is 254 Å². The number of nitrogens with two attached hydrogens (primary N) is 1. The number of methoxy groups -OCH3 is 1. The van der Waals surface area contributed by atoms with Gasteiger partial charge in [-0.3, -0.25) is 9.59 Å². The van der Waals surface area contributed by atoms with E-state index in [1.165, 1.54) is 12.0 Å². The summed E-state index contributed by atoms with van der Waals surface area (Å²) in [6.07, 6.45) is 2.64. The Morgan fingerprint density at radius 1 is 1.02 bits per heavy atom. The zero-order valence-electron chi connectivity index (χ0n) is 24.9. The first-order valence-corrected chi connectivity index (χ1v) is 14.9. The molecule has 3 aliphatic heterocycles. The number of hydrogen-bond donors (Lipinski definition) is 2. The van der Waals surface area contributed by atoms with Gasteiger partial charge in [-0.15, -0.1) is 0 Å². The molecule has 2 saturated heterocycles. The highest BCUT2D eigenvalue weighted by Crippen LogP contribution is 2.39. The second-order valence-electron chi connectivity index (χ2n) is 11.5. The third kappa shape index (κ3) is 5.66. The zero-order chi connectivity index (χ0) is 31.6. The van der Waals surface area contributed by atoms with E-state index in [0.717, 1.165) is 22.6 Å². The maximum Gasteiger partial charge on any atom is 0.330 e. The molecule has 1 unspecified atom stereocenters. The van der Waals surface area contributed by atoms with Gasteiger partial charge in [-0.1, -0.05) is 43.3 Å². The molecule has 3 N–H and O–H groups in total. The number of urea groups is 2. The molecule has 5 amide bonds. The number of hydrogen-bond acceptors (Lipinski definition) is 6. The van der Waals surface area contributed by atoms with Gasteiger partial charge >= 0.3 is 18.0 Å². The van der Waals surface area contributed by atoms with Gasteiger partial charge in [0.2, 0.25) is 5.91 Å².